The highest BCUT2D eigenvalue weighted by Crippen LogP contribution is 2.49. The van der Waals surface area contributed by atoms with E-state index in [0.717, 1.165) is 23.7 Å². The first-order chi connectivity index (χ1) is 10.8. The summed E-state index contributed by atoms with van der Waals surface area (Å²) >= 11 is 0. The lowest BCUT2D eigenvalue weighted by Crippen LogP contribution is -2.22. The standard InChI is InChI=1S/C21H35N/c1-2-6-16-7-3-4-8-17(13-16)9-5-10-18-11-12-21(22)20-15-19(20)14-18/h5-6,9,17-21H,2-4,7-8,10-15,22H2,1H3/b9-5+,16-6+/t17-,18?,19?,20-,21?/m0/s1. The van der Waals surface area contributed by atoms with E-state index in [1.54, 1.807) is 5.57 Å². The van der Waals surface area contributed by atoms with Crippen LogP contribution >= 0.6 is 0 Å². The van der Waals surface area contributed by atoms with E-state index in [0.29, 0.717) is 6.04 Å². The first-order valence-electron chi connectivity index (χ1n) is 9.86. The minimum Gasteiger partial charge on any atom is -0.327 e. The molecule has 124 valence electrons. The molecule has 0 heterocycles. The molecule has 3 unspecified atom stereocenters. The van der Waals surface area contributed by atoms with Crippen molar-refractivity contribution in [1.29, 1.82) is 0 Å². The van der Waals surface area contributed by atoms with Gasteiger partial charge in [-0.05, 0) is 87.9 Å². The summed E-state index contributed by atoms with van der Waals surface area (Å²) in [5.74, 6) is 3.59. The first kappa shape index (κ1) is 16.3. The molecule has 1 nitrogen and oxygen atoms in total. The largest absolute Gasteiger partial charge is 0.327 e. The fraction of sp³-hybridized carbons (Fsp3) is 0.810. The molecular weight excluding hydrogens is 266 g/mol. The number of nitrogens with two attached hydrogens (primary N) is 1. The first-order valence-corrected chi connectivity index (χ1v) is 9.86. The van der Waals surface area contributed by atoms with Gasteiger partial charge in [0.05, 0.1) is 0 Å². The molecule has 3 aliphatic carbocycles. The van der Waals surface area contributed by atoms with E-state index in [1.165, 1.54) is 70.6 Å². The van der Waals surface area contributed by atoms with Crippen molar-refractivity contribution < 1.29 is 0 Å². The summed E-state index contributed by atoms with van der Waals surface area (Å²) in [5, 5.41) is 0. The van der Waals surface area contributed by atoms with Gasteiger partial charge in [0.2, 0.25) is 0 Å². The predicted molar refractivity (Wildman–Crippen MR) is 95.6 cm³/mol. The van der Waals surface area contributed by atoms with Gasteiger partial charge in [0.25, 0.3) is 0 Å². The lowest BCUT2D eigenvalue weighted by Gasteiger charge is -2.15. The second-order valence-electron chi connectivity index (χ2n) is 8.15. The molecule has 0 bridgehead atoms. The van der Waals surface area contributed by atoms with Gasteiger partial charge in [0.1, 0.15) is 0 Å². The summed E-state index contributed by atoms with van der Waals surface area (Å²) in [6.07, 6.45) is 22.5. The van der Waals surface area contributed by atoms with E-state index in [2.05, 4.69) is 25.2 Å². The molecule has 3 rings (SSSR count). The number of hydrogen-bond donors (Lipinski definition) is 1. The maximum absolute atomic E-state index is 6.26. The van der Waals surface area contributed by atoms with Crippen LogP contribution in [0.4, 0.5) is 0 Å². The Labute approximate surface area is 137 Å². The Hall–Kier alpha value is -0.560. The highest BCUT2D eigenvalue weighted by Gasteiger charge is 2.44. The minimum absolute atomic E-state index is 0.516. The number of allylic oxidation sites excluding steroid dienone is 4. The lowest BCUT2D eigenvalue weighted by atomic mass is 9.92. The summed E-state index contributed by atoms with van der Waals surface area (Å²) in [5.41, 5.74) is 7.98. The van der Waals surface area contributed by atoms with Gasteiger partial charge in [0.15, 0.2) is 0 Å². The van der Waals surface area contributed by atoms with Crippen LogP contribution in [0.25, 0.3) is 0 Å². The molecule has 0 aromatic carbocycles. The molecule has 3 aliphatic rings. The van der Waals surface area contributed by atoms with Crippen molar-refractivity contribution in [3.8, 4) is 0 Å². The van der Waals surface area contributed by atoms with Crippen LogP contribution in [0.1, 0.15) is 77.6 Å². The van der Waals surface area contributed by atoms with Crippen molar-refractivity contribution in [1.82, 2.24) is 0 Å². The van der Waals surface area contributed by atoms with E-state index >= 15 is 0 Å². The maximum Gasteiger partial charge on any atom is 0.00700 e. The zero-order valence-corrected chi connectivity index (χ0v) is 14.5. The molecule has 3 saturated carbocycles. The third kappa shape index (κ3) is 4.47. The Bertz CT molecular complexity index is 408. The predicted octanol–water partition coefficient (Wildman–Crippen LogP) is 5.61. The maximum atomic E-state index is 6.26. The highest BCUT2D eigenvalue weighted by atomic mass is 14.7. The molecule has 0 spiro atoms. The molecular formula is C21H35N. The molecule has 22 heavy (non-hydrogen) atoms. The molecule has 3 fully saturated rings. The topological polar surface area (TPSA) is 26.0 Å². The van der Waals surface area contributed by atoms with Gasteiger partial charge in [-0.25, -0.2) is 0 Å². The van der Waals surface area contributed by atoms with Crippen LogP contribution in [0.2, 0.25) is 0 Å². The fourth-order valence-corrected chi connectivity index (χ4v) is 4.87. The van der Waals surface area contributed by atoms with Gasteiger partial charge in [0, 0.05) is 6.04 Å². The van der Waals surface area contributed by atoms with Gasteiger partial charge in [-0.3, -0.25) is 0 Å². The average molecular weight is 302 g/mol. The molecule has 5 atom stereocenters. The Kier molecular flexibility index (Phi) is 5.79. The van der Waals surface area contributed by atoms with E-state index in [-0.39, 0.29) is 0 Å². The van der Waals surface area contributed by atoms with Crippen LogP contribution < -0.4 is 5.73 Å². The third-order valence-corrected chi connectivity index (χ3v) is 6.29. The highest BCUT2D eigenvalue weighted by molar-refractivity contribution is 5.08. The molecule has 0 aromatic heterocycles. The molecule has 1 heteroatoms. The Morgan fingerprint density at radius 2 is 2.05 bits per heavy atom. The number of fused-ring (bicyclic) bond motifs is 1. The second-order valence-corrected chi connectivity index (χ2v) is 8.15. The normalized spacial score (nSPS) is 41.2. The number of hydrogen-bond acceptors (Lipinski definition) is 1. The van der Waals surface area contributed by atoms with Crippen molar-refractivity contribution in [2.45, 2.75) is 83.6 Å². The van der Waals surface area contributed by atoms with Gasteiger partial charge in [-0.15, -0.1) is 0 Å². The molecule has 0 aliphatic heterocycles. The molecule has 0 aromatic rings. The van der Waals surface area contributed by atoms with E-state index in [9.17, 15) is 0 Å². The van der Waals surface area contributed by atoms with Crippen molar-refractivity contribution in [2.24, 2.45) is 29.4 Å². The van der Waals surface area contributed by atoms with Gasteiger partial charge < -0.3 is 5.73 Å². The van der Waals surface area contributed by atoms with E-state index in [1.807, 2.05) is 0 Å². The third-order valence-electron chi connectivity index (χ3n) is 6.29. The van der Waals surface area contributed by atoms with E-state index in [4.69, 9.17) is 5.73 Å². The molecule has 2 N–H and O–H groups in total. The fourth-order valence-electron chi connectivity index (χ4n) is 4.87. The van der Waals surface area contributed by atoms with Crippen molar-refractivity contribution in [3.05, 3.63) is 23.8 Å². The molecule has 0 saturated heterocycles. The van der Waals surface area contributed by atoms with Crippen molar-refractivity contribution in [2.75, 3.05) is 0 Å². The SMILES string of the molecule is CC/C=C1\CCCC[C@@H](/C=C/CC2CCC(N)[C@H]3CC3C2)C1. The summed E-state index contributed by atoms with van der Waals surface area (Å²) in [6.45, 7) is 2.27. The van der Waals surface area contributed by atoms with Gasteiger partial charge in [-0.2, -0.15) is 0 Å². The number of rotatable bonds is 4. The van der Waals surface area contributed by atoms with Gasteiger partial charge >= 0.3 is 0 Å². The lowest BCUT2D eigenvalue weighted by molar-refractivity contribution is 0.431. The van der Waals surface area contributed by atoms with Crippen molar-refractivity contribution >= 4 is 0 Å². The Balaban J connectivity index is 1.47. The van der Waals surface area contributed by atoms with E-state index < -0.39 is 0 Å². The monoisotopic (exact) mass is 301 g/mol. The second kappa shape index (κ2) is 7.81. The summed E-state index contributed by atoms with van der Waals surface area (Å²) in [7, 11) is 0. The smallest absolute Gasteiger partial charge is 0.00700 e. The van der Waals surface area contributed by atoms with Crippen LogP contribution in [-0.2, 0) is 0 Å². The Morgan fingerprint density at radius 3 is 2.91 bits per heavy atom. The summed E-state index contributed by atoms with van der Waals surface area (Å²) < 4.78 is 0. The zero-order chi connectivity index (χ0) is 15.4. The van der Waals surface area contributed by atoms with Crippen molar-refractivity contribution in [3.63, 3.8) is 0 Å². The minimum atomic E-state index is 0.516. The molecule has 0 radical (unpaired) electrons. The van der Waals surface area contributed by atoms with Crippen LogP contribution in [0.5, 0.6) is 0 Å². The zero-order valence-electron chi connectivity index (χ0n) is 14.5. The molecule has 0 amide bonds. The van der Waals surface area contributed by atoms with Crippen LogP contribution in [0, 0.1) is 23.7 Å². The summed E-state index contributed by atoms with van der Waals surface area (Å²) in [4.78, 5) is 0. The average Bonchev–Trinajstić information content (AvgIpc) is 3.29. The van der Waals surface area contributed by atoms with Crippen LogP contribution in [-0.4, -0.2) is 6.04 Å². The van der Waals surface area contributed by atoms with Gasteiger partial charge in [-0.1, -0.05) is 37.1 Å². The Morgan fingerprint density at radius 1 is 1.14 bits per heavy atom. The summed E-state index contributed by atoms with van der Waals surface area (Å²) in [6, 6.07) is 0.516. The van der Waals surface area contributed by atoms with Crippen LogP contribution in [0.15, 0.2) is 23.8 Å². The van der Waals surface area contributed by atoms with Crippen LogP contribution in [0.3, 0.4) is 0 Å². The quantitative estimate of drug-likeness (QED) is 0.530.